The van der Waals surface area contributed by atoms with Crippen molar-refractivity contribution in [3.8, 4) is 11.8 Å². The van der Waals surface area contributed by atoms with Crippen LogP contribution in [0.4, 0.5) is 5.69 Å². The van der Waals surface area contributed by atoms with Gasteiger partial charge >= 0.3 is 11.7 Å². The average molecular weight is 250 g/mol. The van der Waals surface area contributed by atoms with Crippen molar-refractivity contribution in [3.05, 3.63) is 33.4 Å². The van der Waals surface area contributed by atoms with Crippen LogP contribution in [0.5, 0.6) is 5.75 Å². The van der Waals surface area contributed by atoms with Gasteiger partial charge in [-0.25, -0.2) is 4.79 Å². The fourth-order valence-corrected chi connectivity index (χ4v) is 1.37. The monoisotopic (exact) mass is 250 g/mol. The second-order valence-electron chi connectivity index (χ2n) is 3.16. The van der Waals surface area contributed by atoms with Gasteiger partial charge in [0.15, 0.2) is 5.75 Å². The third-order valence-corrected chi connectivity index (χ3v) is 2.11. The normalized spacial score (nSPS) is 9.39. The van der Waals surface area contributed by atoms with Crippen LogP contribution >= 0.6 is 0 Å². The van der Waals surface area contributed by atoms with Crippen LogP contribution in [-0.2, 0) is 4.74 Å². The van der Waals surface area contributed by atoms with Crippen molar-refractivity contribution in [2.75, 3.05) is 13.7 Å². The lowest BCUT2D eigenvalue weighted by molar-refractivity contribution is -0.386. The van der Waals surface area contributed by atoms with Gasteiger partial charge in [-0.3, -0.25) is 10.1 Å². The molecule has 0 radical (unpaired) electrons. The van der Waals surface area contributed by atoms with Crippen molar-refractivity contribution in [3.63, 3.8) is 0 Å². The van der Waals surface area contributed by atoms with E-state index in [1.54, 1.807) is 13.0 Å². The first-order chi connectivity index (χ1) is 8.54. The largest absolute Gasteiger partial charge is 0.490 e. The maximum Gasteiger partial charge on any atom is 0.338 e. The zero-order valence-electron chi connectivity index (χ0n) is 9.80. The Bertz CT molecular complexity index is 533. The van der Waals surface area contributed by atoms with Gasteiger partial charge in [-0.15, -0.1) is 0 Å². The number of esters is 1. The average Bonchev–Trinajstić information content (AvgIpc) is 2.36. The molecule has 7 heteroatoms. The van der Waals surface area contributed by atoms with Gasteiger partial charge in [0.2, 0.25) is 0 Å². The smallest absolute Gasteiger partial charge is 0.338 e. The van der Waals surface area contributed by atoms with Crippen LogP contribution in [0, 0.1) is 21.4 Å². The first-order valence-electron chi connectivity index (χ1n) is 4.98. The zero-order chi connectivity index (χ0) is 13.7. The first-order valence-corrected chi connectivity index (χ1v) is 4.98. The summed E-state index contributed by atoms with van der Waals surface area (Å²) < 4.78 is 9.57. The van der Waals surface area contributed by atoms with E-state index < -0.39 is 16.6 Å². The molecular formula is C11H10N2O5. The van der Waals surface area contributed by atoms with Crippen LogP contribution in [0.1, 0.15) is 22.8 Å². The Kier molecular flexibility index (Phi) is 4.21. The molecule has 0 saturated carbocycles. The number of ether oxygens (including phenoxy) is 2. The highest BCUT2D eigenvalue weighted by molar-refractivity contribution is 5.91. The molecule has 0 heterocycles. The quantitative estimate of drug-likeness (QED) is 0.457. The van der Waals surface area contributed by atoms with E-state index in [4.69, 9.17) is 14.7 Å². The Labute approximate surface area is 103 Å². The second kappa shape index (κ2) is 5.63. The van der Waals surface area contributed by atoms with E-state index in [1.165, 1.54) is 13.2 Å². The fraction of sp³-hybridized carbons (Fsp3) is 0.273. The highest BCUT2D eigenvalue weighted by Gasteiger charge is 2.24. The number of rotatable bonds is 4. The summed E-state index contributed by atoms with van der Waals surface area (Å²) in [5.41, 5.74) is -0.675. The summed E-state index contributed by atoms with van der Waals surface area (Å²) in [4.78, 5) is 21.6. The van der Waals surface area contributed by atoms with E-state index in [0.717, 1.165) is 6.07 Å². The molecule has 18 heavy (non-hydrogen) atoms. The van der Waals surface area contributed by atoms with Crippen molar-refractivity contribution >= 4 is 11.7 Å². The molecule has 0 amide bonds. The molecule has 0 aromatic heterocycles. The van der Waals surface area contributed by atoms with Gasteiger partial charge in [0, 0.05) is 6.07 Å². The molecular weight excluding hydrogens is 240 g/mol. The molecule has 0 aliphatic rings. The third kappa shape index (κ3) is 2.55. The molecule has 1 aromatic rings. The number of carbonyl (C=O) groups is 1. The number of nitro benzene ring substituents is 1. The minimum Gasteiger partial charge on any atom is -0.490 e. The number of nitro groups is 1. The summed E-state index contributed by atoms with van der Waals surface area (Å²) in [5, 5.41) is 19.7. The standard InChI is InChI=1S/C11H10N2O5/c1-3-18-11(14)7-4-8(6-12)10(13(15)16)9(5-7)17-2/h4-5H,3H2,1-2H3. The van der Waals surface area contributed by atoms with Gasteiger partial charge in [-0.2, -0.15) is 5.26 Å². The molecule has 0 unspecified atom stereocenters. The van der Waals surface area contributed by atoms with Gasteiger partial charge in [0.25, 0.3) is 0 Å². The Morgan fingerprint density at radius 3 is 2.67 bits per heavy atom. The van der Waals surface area contributed by atoms with Crippen molar-refractivity contribution in [2.45, 2.75) is 6.92 Å². The summed E-state index contributed by atoms with van der Waals surface area (Å²) in [5.74, 6) is -0.815. The number of nitrogens with zero attached hydrogens (tertiary/aromatic N) is 2. The molecule has 0 N–H and O–H groups in total. The highest BCUT2D eigenvalue weighted by Crippen LogP contribution is 2.32. The minimum absolute atomic E-state index is 0.0378. The van der Waals surface area contributed by atoms with Crippen molar-refractivity contribution in [1.82, 2.24) is 0 Å². The zero-order valence-corrected chi connectivity index (χ0v) is 9.80. The molecule has 94 valence electrons. The maximum atomic E-state index is 11.5. The fourth-order valence-electron chi connectivity index (χ4n) is 1.37. The number of hydrogen-bond acceptors (Lipinski definition) is 6. The predicted molar refractivity (Wildman–Crippen MR) is 60.3 cm³/mol. The van der Waals surface area contributed by atoms with Crippen LogP contribution in [-0.4, -0.2) is 24.6 Å². The molecule has 0 aliphatic carbocycles. The van der Waals surface area contributed by atoms with Crippen molar-refractivity contribution in [2.24, 2.45) is 0 Å². The Morgan fingerprint density at radius 1 is 1.56 bits per heavy atom. The SMILES string of the molecule is CCOC(=O)c1cc(C#N)c([N+](=O)[O-])c(OC)c1. The summed E-state index contributed by atoms with van der Waals surface area (Å²) >= 11 is 0. The van der Waals surface area contributed by atoms with Crippen LogP contribution in [0.25, 0.3) is 0 Å². The highest BCUT2D eigenvalue weighted by atomic mass is 16.6. The molecule has 0 aliphatic heterocycles. The number of benzene rings is 1. The van der Waals surface area contributed by atoms with Gasteiger partial charge in [0.05, 0.1) is 24.2 Å². The lowest BCUT2D eigenvalue weighted by atomic mass is 10.1. The molecule has 0 saturated heterocycles. The molecule has 1 aromatic carbocycles. The van der Waals surface area contributed by atoms with E-state index in [9.17, 15) is 14.9 Å². The van der Waals surface area contributed by atoms with Gasteiger partial charge in [0.1, 0.15) is 11.6 Å². The Balaban J connectivity index is 3.41. The molecule has 1 rings (SSSR count). The van der Waals surface area contributed by atoms with Crippen molar-refractivity contribution < 1.29 is 19.2 Å². The number of carbonyl (C=O) groups excluding carboxylic acids is 1. The van der Waals surface area contributed by atoms with E-state index in [2.05, 4.69) is 0 Å². The van der Waals surface area contributed by atoms with Gasteiger partial charge < -0.3 is 9.47 Å². The molecule has 0 bridgehead atoms. The number of methoxy groups -OCH3 is 1. The molecule has 7 nitrogen and oxygen atoms in total. The van der Waals surface area contributed by atoms with Gasteiger partial charge in [-0.05, 0) is 13.0 Å². The van der Waals surface area contributed by atoms with Crippen LogP contribution in [0.2, 0.25) is 0 Å². The van der Waals surface area contributed by atoms with E-state index in [0.29, 0.717) is 0 Å². The summed E-state index contributed by atoms with van der Waals surface area (Å²) in [6, 6.07) is 3.95. The minimum atomic E-state index is -0.730. The first kappa shape index (κ1) is 13.4. The number of hydrogen-bond donors (Lipinski definition) is 0. The summed E-state index contributed by atoms with van der Waals surface area (Å²) in [7, 11) is 1.22. The second-order valence-corrected chi connectivity index (χ2v) is 3.16. The lowest BCUT2D eigenvalue weighted by Crippen LogP contribution is -2.07. The molecule has 0 atom stereocenters. The van der Waals surface area contributed by atoms with E-state index in [-0.39, 0.29) is 23.5 Å². The predicted octanol–water partition coefficient (Wildman–Crippen LogP) is 1.65. The van der Waals surface area contributed by atoms with Crippen molar-refractivity contribution in [1.29, 1.82) is 5.26 Å². The van der Waals surface area contributed by atoms with Crippen LogP contribution in [0.3, 0.4) is 0 Å². The van der Waals surface area contributed by atoms with E-state index in [1.807, 2.05) is 0 Å². The number of nitriles is 1. The van der Waals surface area contributed by atoms with Gasteiger partial charge in [-0.1, -0.05) is 0 Å². The Morgan fingerprint density at radius 2 is 2.22 bits per heavy atom. The maximum absolute atomic E-state index is 11.5. The van der Waals surface area contributed by atoms with Crippen LogP contribution < -0.4 is 4.74 Å². The topological polar surface area (TPSA) is 102 Å². The summed E-state index contributed by atoms with van der Waals surface area (Å²) in [6.45, 7) is 1.80. The lowest BCUT2D eigenvalue weighted by Gasteiger charge is -2.06. The Hall–Kier alpha value is -2.62. The van der Waals surface area contributed by atoms with Crippen LogP contribution in [0.15, 0.2) is 12.1 Å². The van der Waals surface area contributed by atoms with E-state index >= 15 is 0 Å². The molecule has 0 spiro atoms. The molecule has 0 fully saturated rings. The third-order valence-electron chi connectivity index (χ3n) is 2.11. The summed E-state index contributed by atoms with van der Waals surface area (Å²) in [6.07, 6.45) is 0.